The van der Waals surface area contributed by atoms with E-state index in [1.165, 1.54) is 71.5 Å². The lowest BCUT2D eigenvalue weighted by molar-refractivity contribution is 0.569. The SMILES string of the molecule is CC(C)(C)c1cc(-c2cccc3cccc(-c4ccccc4N(c4ccccc4-c4ccc(-c5ccccc5)cc4)c4ccccc4-c4ccc5c(c4)c4ccccc4n5-c4ccccc4)c23)cc(C(C)(C)C)c1. The number of nitrogens with zero attached hydrogens (tertiary/aromatic N) is 2. The summed E-state index contributed by atoms with van der Waals surface area (Å²) in [6.07, 6.45) is 0. The molecule has 358 valence electrons. The fourth-order valence-electron chi connectivity index (χ4n) is 11.0. The highest BCUT2D eigenvalue weighted by atomic mass is 15.1. The van der Waals surface area contributed by atoms with E-state index in [9.17, 15) is 0 Å². The molecule has 0 amide bonds. The molecule has 0 atom stereocenters. The number of fused-ring (bicyclic) bond motifs is 4. The van der Waals surface area contributed by atoms with Gasteiger partial charge in [0.05, 0.1) is 28.1 Å². The summed E-state index contributed by atoms with van der Waals surface area (Å²) in [5.74, 6) is 0. The fraction of sp³-hybridized carbons (Fsp3) is 0.111. The van der Waals surface area contributed by atoms with Crippen molar-refractivity contribution in [2.45, 2.75) is 52.4 Å². The van der Waals surface area contributed by atoms with Gasteiger partial charge in [-0.1, -0.05) is 248 Å². The van der Waals surface area contributed by atoms with Gasteiger partial charge < -0.3 is 9.47 Å². The fourth-order valence-corrected chi connectivity index (χ4v) is 11.0. The van der Waals surface area contributed by atoms with Crippen LogP contribution < -0.4 is 4.90 Å². The molecular formula is C72H60N2. The van der Waals surface area contributed by atoms with E-state index in [1.807, 2.05) is 0 Å². The van der Waals surface area contributed by atoms with E-state index in [2.05, 4.69) is 306 Å². The highest BCUT2D eigenvalue weighted by Gasteiger charge is 2.26. The quantitative estimate of drug-likeness (QED) is 0.140. The highest BCUT2D eigenvalue weighted by Crippen LogP contribution is 2.50. The number of hydrogen-bond donors (Lipinski definition) is 0. The second kappa shape index (κ2) is 18.7. The van der Waals surface area contributed by atoms with Crippen LogP contribution in [0.25, 0.3) is 93.9 Å². The number of para-hydroxylation sites is 5. The van der Waals surface area contributed by atoms with Crippen LogP contribution in [0.5, 0.6) is 0 Å². The Hall–Kier alpha value is -8.72. The Labute approximate surface area is 436 Å². The van der Waals surface area contributed by atoms with Crippen molar-refractivity contribution in [1.29, 1.82) is 0 Å². The maximum absolute atomic E-state index is 2.53. The standard InChI is InChI=1S/C72H60N2/c1-71(2,3)55-45-54(46-56(48-55)72(4,5)6)60-33-21-25-52-26-22-34-63(70(52)60)61-31-15-20-38-68(61)74(65-35-17-13-29-58(65)51-41-39-50(40-42-51)49-23-9-7-10-24-49)66-36-18-14-30-59(66)53-43-44-69-64(47-53)62-32-16-19-37-67(62)73(69)57-27-11-8-12-28-57/h7-48H,1-6H3. The number of anilines is 3. The summed E-state index contributed by atoms with van der Waals surface area (Å²) in [5.41, 5.74) is 21.2. The summed E-state index contributed by atoms with van der Waals surface area (Å²) >= 11 is 0. The molecule has 0 saturated heterocycles. The second-order valence-corrected chi connectivity index (χ2v) is 21.8. The zero-order chi connectivity index (χ0) is 50.6. The molecule has 2 heteroatoms. The zero-order valence-corrected chi connectivity index (χ0v) is 43.1. The van der Waals surface area contributed by atoms with Crippen molar-refractivity contribution in [3.63, 3.8) is 0 Å². The van der Waals surface area contributed by atoms with Crippen molar-refractivity contribution >= 4 is 49.6 Å². The molecule has 0 unspecified atom stereocenters. The Morgan fingerprint density at radius 2 is 0.757 bits per heavy atom. The summed E-state index contributed by atoms with van der Waals surface area (Å²) in [4.78, 5) is 2.53. The van der Waals surface area contributed by atoms with E-state index in [1.54, 1.807) is 0 Å². The van der Waals surface area contributed by atoms with Crippen LogP contribution >= 0.6 is 0 Å². The molecule has 12 aromatic rings. The van der Waals surface area contributed by atoms with Gasteiger partial charge in [0.1, 0.15) is 0 Å². The Balaban J connectivity index is 1.10. The Kier molecular flexibility index (Phi) is 11.7. The maximum Gasteiger partial charge on any atom is 0.0541 e. The van der Waals surface area contributed by atoms with Gasteiger partial charge in [-0.25, -0.2) is 0 Å². The molecule has 0 spiro atoms. The molecule has 2 nitrogen and oxygen atoms in total. The van der Waals surface area contributed by atoms with Gasteiger partial charge >= 0.3 is 0 Å². The van der Waals surface area contributed by atoms with Crippen LogP contribution in [-0.2, 0) is 10.8 Å². The minimum Gasteiger partial charge on any atom is -0.309 e. The summed E-state index contributed by atoms with van der Waals surface area (Å²) in [7, 11) is 0. The lowest BCUT2D eigenvalue weighted by Gasteiger charge is -2.32. The topological polar surface area (TPSA) is 8.17 Å². The van der Waals surface area contributed by atoms with Gasteiger partial charge in [-0.15, -0.1) is 0 Å². The van der Waals surface area contributed by atoms with Crippen molar-refractivity contribution < 1.29 is 0 Å². The van der Waals surface area contributed by atoms with E-state index in [0.29, 0.717) is 0 Å². The largest absolute Gasteiger partial charge is 0.309 e. The van der Waals surface area contributed by atoms with Crippen LogP contribution in [0.1, 0.15) is 52.7 Å². The Bertz CT molecular complexity index is 3980. The first-order valence-electron chi connectivity index (χ1n) is 26.0. The lowest BCUT2D eigenvalue weighted by Crippen LogP contribution is -2.16. The molecule has 0 saturated carbocycles. The smallest absolute Gasteiger partial charge is 0.0541 e. The van der Waals surface area contributed by atoms with E-state index < -0.39 is 0 Å². The molecule has 0 N–H and O–H groups in total. The first-order chi connectivity index (χ1) is 36.0. The molecule has 0 aliphatic carbocycles. The van der Waals surface area contributed by atoms with Crippen molar-refractivity contribution in [2.75, 3.05) is 4.90 Å². The predicted octanol–water partition coefficient (Wildman–Crippen LogP) is 20.3. The lowest BCUT2D eigenvalue weighted by atomic mass is 9.78. The zero-order valence-electron chi connectivity index (χ0n) is 43.1. The van der Waals surface area contributed by atoms with Crippen molar-refractivity contribution in [2.24, 2.45) is 0 Å². The van der Waals surface area contributed by atoms with Crippen LogP contribution in [0.4, 0.5) is 17.1 Å². The molecule has 0 aliphatic heterocycles. The van der Waals surface area contributed by atoms with Gasteiger partial charge in [0.15, 0.2) is 0 Å². The van der Waals surface area contributed by atoms with Crippen LogP contribution in [-0.4, -0.2) is 4.57 Å². The van der Waals surface area contributed by atoms with Crippen LogP contribution in [0, 0.1) is 0 Å². The summed E-state index contributed by atoms with van der Waals surface area (Å²) < 4.78 is 2.39. The normalized spacial score (nSPS) is 11.9. The average Bonchev–Trinajstić information content (AvgIpc) is 3.77. The minimum atomic E-state index is -0.0251. The van der Waals surface area contributed by atoms with Gasteiger partial charge in [0.2, 0.25) is 0 Å². The summed E-state index contributed by atoms with van der Waals surface area (Å²) in [6, 6.07) is 94.2. The van der Waals surface area contributed by atoms with E-state index in [4.69, 9.17) is 0 Å². The molecule has 0 fully saturated rings. The Morgan fingerprint density at radius 3 is 1.39 bits per heavy atom. The molecule has 0 bridgehead atoms. The molecule has 12 rings (SSSR count). The molecule has 0 radical (unpaired) electrons. The molecule has 11 aromatic carbocycles. The van der Waals surface area contributed by atoms with E-state index >= 15 is 0 Å². The molecule has 74 heavy (non-hydrogen) atoms. The van der Waals surface area contributed by atoms with E-state index in [-0.39, 0.29) is 10.8 Å². The third-order valence-corrected chi connectivity index (χ3v) is 14.9. The molecule has 1 heterocycles. The molecule has 0 aliphatic rings. The Morgan fingerprint density at radius 1 is 0.297 bits per heavy atom. The van der Waals surface area contributed by atoms with E-state index in [0.717, 1.165) is 50.6 Å². The third-order valence-electron chi connectivity index (χ3n) is 14.9. The van der Waals surface area contributed by atoms with Crippen molar-refractivity contribution in [3.8, 4) is 61.3 Å². The maximum atomic E-state index is 2.53. The first-order valence-corrected chi connectivity index (χ1v) is 26.0. The average molecular weight is 953 g/mol. The number of aromatic nitrogens is 1. The number of hydrogen-bond acceptors (Lipinski definition) is 1. The molecule has 1 aromatic heterocycles. The highest BCUT2D eigenvalue weighted by molar-refractivity contribution is 6.12. The summed E-state index contributed by atoms with van der Waals surface area (Å²) in [6.45, 7) is 14.0. The monoisotopic (exact) mass is 952 g/mol. The van der Waals surface area contributed by atoms with Crippen molar-refractivity contribution in [1.82, 2.24) is 4.57 Å². The van der Waals surface area contributed by atoms with Gasteiger partial charge in [0, 0.05) is 33.2 Å². The van der Waals surface area contributed by atoms with Crippen LogP contribution in [0.2, 0.25) is 0 Å². The summed E-state index contributed by atoms with van der Waals surface area (Å²) in [5, 5.41) is 4.90. The van der Waals surface area contributed by atoms with Gasteiger partial charge in [-0.05, 0) is 120 Å². The first kappa shape index (κ1) is 46.4. The number of rotatable bonds is 9. The third kappa shape index (κ3) is 8.47. The number of benzene rings is 11. The minimum absolute atomic E-state index is 0.0251. The predicted molar refractivity (Wildman–Crippen MR) is 318 cm³/mol. The van der Waals surface area contributed by atoms with Gasteiger partial charge in [-0.2, -0.15) is 0 Å². The second-order valence-electron chi connectivity index (χ2n) is 21.8. The van der Waals surface area contributed by atoms with Crippen LogP contribution in [0.3, 0.4) is 0 Å². The van der Waals surface area contributed by atoms with Crippen molar-refractivity contribution in [3.05, 3.63) is 266 Å². The molecular weight excluding hydrogens is 893 g/mol. The van der Waals surface area contributed by atoms with Gasteiger partial charge in [0.25, 0.3) is 0 Å². The van der Waals surface area contributed by atoms with Gasteiger partial charge in [-0.3, -0.25) is 0 Å². The van der Waals surface area contributed by atoms with Crippen LogP contribution in [0.15, 0.2) is 255 Å².